The Morgan fingerprint density at radius 1 is 0.910 bits per heavy atom. The smallest absolute Gasteiger partial charge is 0.234 e. The summed E-state index contributed by atoms with van der Waals surface area (Å²) in [6.45, 7) is 9.27. The van der Waals surface area contributed by atoms with Crippen molar-refractivity contribution in [3.8, 4) is 5.75 Å². The van der Waals surface area contributed by atoms with Crippen LogP contribution in [0, 0.1) is 17.6 Å². The van der Waals surface area contributed by atoms with Crippen molar-refractivity contribution < 1.29 is 32.5 Å². The molecule has 0 saturated carbocycles. The molecule has 8 rings (SSSR count). The zero-order valence-electron chi connectivity index (χ0n) is 37.9. The molecule has 0 spiro atoms. The maximum atomic E-state index is 15.2. The van der Waals surface area contributed by atoms with E-state index in [2.05, 4.69) is 81.4 Å². The van der Waals surface area contributed by atoms with E-state index in [0.717, 1.165) is 49.3 Å². The highest BCUT2D eigenvalue weighted by atomic mass is 79.9. The lowest BCUT2D eigenvalue weighted by Crippen LogP contribution is -2.46. The van der Waals surface area contributed by atoms with Gasteiger partial charge < -0.3 is 40.4 Å². The number of anilines is 6. The number of amides is 3. The Balaban J connectivity index is 0.811. The number of aryl methyl sites for hydroxylation is 1. The van der Waals surface area contributed by atoms with Gasteiger partial charge in [0.05, 0.1) is 39.7 Å². The van der Waals surface area contributed by atoms with Gasteiger partial charge in [-0.05, 0) is 104 Å². The number of halogens is 3. The summed E-state index contributed by atoms with van der Waals surface area (Å²) < 4.78 is 50.3. The summed E-state index contributed by atoms with van der Waals surface area (Å²) in [5.41, 5.74) is 4.88. The Bertz CT molecular complexity index is 2710. The molecule has 5 N–H and O–H groups in total. The molecule has 5 aromatic rings. The van der Waals surface area contributed by atoms with E-state index in [1.54, 1.807) is 39.0 Å². The average molecular weight is 1000 g/mol. The molecule has 3 fully saturated rings. The first-order chi connectivity index (χ1) is 32.2. The lowest BCUT2D eigenvalue weighted by Gasteiger charge is -2.35. The van der Waals surface area contributed by atoms with Gasteiger partial charge in [0.15, 0.2) is 0 Å². The molecule has 3 amide bonds. The molecule has 354 valence electrons. The van der Waals surface area contributed by atoms with E-state index in [-0.39, 0.29) is 30.2 Å². The lowest BCUT2D eigenvalue weighted by molar-refractivity contribution is -0.134. The topological polar surface area (TPSA) is 196 Å². The van der Waals surface area contributed by atoms with E-state index in [0.29, 0.717) is 94.8 Å². The number of carbonyl (C=O) groups is 3. The van der Waals surface area contributed by atoms with Crippen molar-refractivity contribution in [3.63, 3.8) is 0 Å². The molecule has 0 radical (unpaired) electrons. The highest BCUT2D eigenvalue weighted by Gasteiger charge is 2.34. The normalized spacial score (nSPS) is 17.4. The first-order valence-electron chi connectivity index (χ1n) is 22.6. The van der Waals surface area contributed by atoms with Gasteiger partial charge in [0.1, 0.15) is 35.9 Å². The Morgan fingerprint density at radius 3 is 2.31 bits per heavy atom. The van der Waals surface area contributed by atoms with E-state index in [1.807, 2.05) is 17.0 Å². The minimum absolute atomic E-state index is 0.0269. The molecule has 3 aliphatic rings. The number of imide groups is 1. The molecule has 67 heavy (non-hydrogen) atoms. The van der Waals surface area contributed by atoms with Gasteiger partial charge in [0.25, 0.3) is 0 Å². The molecule has 1 unspecified atom stereocenters. The zero-order valence-corrected chi connectivity index (χ0v) is 40.4. The molecular formula is C47H55BrF2N11O5P. The van der Waals surface area contributed by atoms with Crippen LogP contribution in [0.4, 0.5) is 43.3 Å². The standard InChI is InChI=1S/C47H55BrF2N11O5P/c1-5-27-22-37(57-47-55-26-32(48)44(59-47)56-36-8-7-35-42(53-16-15-52-35)43(36)67(3,4)65)39(66-2)25-38(27)61-20-12-29(13-21-61)51-14-17-54-45(63)28-10-18-60(19-11-28)30-23-33(49)41(34(50)24-30)31-6-9-40(62)58-46(31)64/h7-8,15-16,22-26,28-29,31,51H,5-6,9-14,17-21H2,1-4H3,(H,54,63)(H,58,62,64)(H2,55,56,57,59). The van der Waals surface area contributed by atoms with E-state index >= 15 is 8.78 Å². The minimum Gasteiger partial charge on any atom is -0.494 e. The fourth-order valence-electron chi connectivity index (χ4n) is 9.28. The molecular weight excluding hydrogens is 947 g/mol. The third kappa shape index (κ3) is 10.8. The van der Waals surface area contributed by atoms with Crippen molar-refractivity contribution in [1.29, 1.82) is 0 Å². The van der Waals surface area contributed by atoms with E-state index in [9.17, 15) is 18.9 Å². The van der Waals surface area contributed by atoms with Gasteiger partial charge in [-0.25, -0.2) is 13.8 Å². The largest absolute Gasteiger partial charge is 0.494 e. The van der Waals surface area contributed by atoms with Crippen LogP contribution in [0.1, 0.15) is 62.5 Å². The number of nitrogens with one attached hydrogen (secondary N) is 5. The number of benzene rings is 3. The molecule has 16 nitrogen and oxygen atoms in total. The number of aromatic nitrogens is 4. The first-order valence-corrected chi connectivity index (χ1v) is 26.0. The van der Waals surface area contributed by atoms with Crippen molar-refractivity contribution in [2.24, 2.45) is 5.92 Å². The van der Waals surface area contributed by atoms with E-state index in [1.165, 1.54) is 12.1 Å². The number of nitrogens with zero attached hydrogens (tertiary/aromatic N) is 6. The fraction of sp³-hybridized carbons (Fsp3) is 0.426. The second kappa shape index (κ2) is 20.6. The summed E-state index contributed by atoms with van der Waals surface area (Å²) in [6, 6.07) is 10.6. The third-order valence-electron chi connectivity index (χ3n) is 12.8. The van der Waals surface area contributed by atoms with E-state index < -0.39 is 36.5 Å². The van der Waals surface area contributed by atoms with Gasteiger partial charge in [-0.15, -0.1) is 0 Å². The van der Waals surface area contributed by atoms with Gasteiger partial charge in [-0.2, -0.15) is 4.98 Å². The summed E-state index contributed by atoms with van der Waals surface area (Å²) in [6.07, 6.45) is 8.67. The summed E-state index contributed by atoms with van der Waals surface area (Å²) in [5, 5.41) is 16.1. The Morgan fingerprint density at radius 2 is 1.63 bits per heavy atom. The lowest BCUT2D eigenvalue weighted by atomic mass is 9.89. The van der Waals surface area contributed by atoms with Crippen LogP contribution in [0.15, 0.2) is 59.5 Å². The molecule has 2 aromatic heterocycles. The molecule has 5 heterocycles. The molecule has 3 saturated heterocycles. The second-order valence-corrected chi connectivity index (χ2v) is 21.5. The molecule has 20 heteroatoms. The third-order valence-corrected chi connectivity index (χ3v) is 14.9. The minimum atomic E-state index is -2.79. The summed E-state index contributed by atoms with van der Waals surface area (Å²) >= 11 is 3.57. The Kier molecular flexibility index (Phi) is 14.7. The van der Waals surface area contributed by atoms with E-state index in [4.69, 9.17) is 9.72 Å². The number of hydrogen-bond donors (Lipinski definition) is 5. The van der Waals surface area contributed by atoms with Crippen molar-refractivity contribution in [2.45, 2.75) is 63.8 Å². The predicted molar refractivity (Wildman–Crippen MR) is 260 cm³/mol. The predicted octanol–water partition coefficient (Wildman–Crippen LogP) is 6.88. The molecule has 3 aromatic carbocycles. The second-order valence-electron chi connectivity index (χ2n) is 17.5. The number of rotatable bonds is 15. The fourth-order valence-corrected chi connectivity index (χ4v) is 11.0. The number of fused-ring (bicyclic) bond motifs is 1. The molecule has 3 aliphatic heterocycles. The van der Waals surface area contributed by atoms with Crippen molar-refractivity contribution >= 4 is 91.6 Å². The number of piperidine rings is 3. The summed E-state index contributed by atoms with van der Waals surface area (Å²) in [5.74, 6) is -2.58. The molecule has 1 atom stereocenters. The van der Waals surface area contributed by atoms with Gasteiger partial charge in [-0.1, -0.05) is 6.92 Å². The van der Waals surface area contributed by atoms with Crippen molar-refractivity contribution in [3.05, 3.63) is 82.2 Å². The molecule has 0 aliphatic carbocycles. The van der Waals surface area contributed by atoms with Crippen LogP contribution >= 0.6 is 23.1 Å². The Hall–Kier alpha value is -5.78. The van der Waals surface area contributed by atoms with Crippen LogP contribution < -0.4 is 46.4 Å². The van der Waals surface area contributed by atoms with Gasteiger partial charge in [0, 0.05) is 99.2 Å². The van der Waals surface area contributed by atoms with Gasteiger partial charge in [0.2, 0.25) is 23.7 Å². The van der Waals surface area contributed by atoms with Crippen LogP contribution in [-0.2, 0) is 25.4 Å². The maximum absolute atomic E-state index is 15.2. The van der Waals surface area contributed by atoms with Crippen LogP contribution in [-0.4, -0.2) is 103 Å². The van der Waals surface area contributed by atoms with Crippen LogP contribution in [0.2, 0.25) is 0 Å². The maximum Gasteiger partial charge on any atom is 0.234 e. The number of carbonyl (C=O) groups excluding carboxylic acids is 3. The first kappa shape index (κ1) is 47.7. The monoisotopic (exact) mass is 1000 g/mol. The highest BCUT2D eigenvalue weighted by molar-refractivity contribution is 9.10. The summed E-state index contributed by atoms with van der Waals surface area (Å²) in [7, 11) is -1.16. The number of ether oxygens (including phenoxy) is 1. The van der Waals surface area contributed by atoms with Gasteiger partial charge in [-0.3, -0.25) is 29.7 Å². The molecule has 0 bridgehead atoms. The van der Waals surface area contributed by atoms with Gasteiger partial charge >= 0.3 is 0 Å². The van der Waals surface area contributed by atoms with Crippen LogP contribution in [0.5, 0.6) is 5.75 Å². The number of methoxy groups -OCH3 is 1. The highest BCUT2D eigenvalue weighted by Crippen LogP contribution is 2.42. The van der Waals surface area contributed by atoms with Crippen LogP contribution in [0.3, 0.4) is 0 Å². The van der Waals surface area contributed by atoms with Crippen LogP contribution in [0.25, 0.3) is 11.0 Å². The SMILES string of the molecule is CCc1cc(Nc2ncc(Br)c(Nc3ccc4nccnc4c3P(C)(C)=O)n2)c(OC)cc1N1CCC(NCCNC(=O)C2CCN(c3cc(F)c(C4CCC(=O)NC4=O)c(F)c3)CC2)CC1. The Labute approximate surface area is 396 Å². The quantitative estimate of drug-likeness (QED) is 0.0414. The van der Waals surface area contributed by atoms with Crippen molar-refractivity contribution in [1.82, 2.24) is 35.9 Å². The summed E-state index contributed by atoms with van der Waals surface area (Å²) in [4.78, 5) is 59.3. The average Bonchev–Trinajstić information content (AvgIpc) is 3.31. The van der Waals surface area contributed by atoms with Crippen molar-refractivity contribution in [2.75, 3.05) is 80.1 Å². The zero-order chi connectivity index (χ0) is 47.4. The number of hydrogen-bond acceptors (Lipinski definition) is 14.